The van der Waals surface area contributed by atoms with Gasteiger partial charge in [-0.3, -0.25) is 4.70 Å². The molecule has 5 heteroatoms. The maximum Gasteiger partial charge on any atom is 3.00 e. The molecule has 0 spiro atoms. The van der Waals surface area contributed by atoms with E-state index < -0.39 is 0 Å². The third-order valence-electron chi connectivity index (χ3n) is 0. The van der Waals surface area contributed by atoms with Gasteiger partial charge in [-0.2, -0.15) is 0 Å². The van der Waals surface area contributed by atoms with Crippen LogP contribution in [0, 0.1) is 39.9 Å². The summed E-state index contributed by atoms with van der Waals surface area (Å²) in [6, 6.07) is 0. The molecule has 0 amide bonds. The Morgan fingerprint density at radius 1 is 1.00 bits per heavy atom. The van der Waals surface area contributed by atoms with Gasteiger partial charge in [0.1, 0.15) is 0 Å². The Labute approximate surface area is 98.0 Å². The van der Waals surface area contributed by atoms with Gasteiger partial charge < -0.3 is 5.48 Å². The molecule has 0 rings (SSSR count). The molecular formula is HAlFGdOY+7. The Balaban J connectivity index is 0. The number of hydrogen-bond acceptors (Lipinski definition) is 0. The van der Waals surface area contributed by atoms with Gasteiger partial charge in [0.25, 0.3) is 0 Å². The minimum absolute atomic E-state index is 0. The summed E-state index contributed by atoms with van der Waals surface area (Å²) in [5, 5.41) is 0. The van der Waals surface area contributed by atoms with Crippen molar-refractivity contribution in [3.05, 3.63) is 0 Å². The van der Waals surface area contributed by atoms with E-state index in [2.05, 4.69) is 0 Å². The van der Waals surface area contributed by atoms with E-state index in [1.54, 1.807) is 0 Å². The van der Waals surface area contributed by atoms with Crippen LogP contribution in [0.4, 0.5) is 4.70 Å². The first-order chi connectivity index (χ1) is 0. The van der Waals surface area contributed by atoms with E-state index in [4.69, 9.17) is 0 Å². The molecule has 0 bridgehead atoms. The van der Waals surface area contributed by atoms with Crippen molar-refractivity contribution in [3.63, 3.8) is 0 Å². The van der Waals surface area contributed by atoms with E-state index in [1.165, 1.54) is 0 Å². The molecule has 5 heavy (non-hydrogen) atoms. The van der Waals surface area contributed by atoms with Crippen LogP contribution in [0.1, 0.15) is 0 Å². The van der Waals surface area contributed by atoms with Crippen LogP contribution < -0.4 is 0 Å². The summed E-state index contributed by atoms with van der Waals surface area (Å²) in [4.78, 5) is 0. The molecule has 0 aromatic heterocycles. The zero-order valence-corrected chi connectivity index (χ0v) is 8.59. The van der Waals surface area contributed by atoms with Gasteiger partial charge in [0.05, 0.1) is 0 Å². The van der Waals surface area contributed by atoms with Crippen molar-refractivity contribution < 1.29 is 82.8 Å². The number of hydrogen-bond donors (Lipinski definition) is 0. The van der Waals surface area contributed by atoms with Crippen molar-refractivity contribution in [3.8, 4) is 0 Å². The summed E-state index contributed by atoms with van der Waals surface area (Å²) in [5.41, 5.74) is 0. The van der Waals surface area contributed by atoms with E-state index in [9.17, 15) is 0 Å². The fourth-order valence-corrected chi connectivity index (χ4v) is 0. The maximum absolute atomic E-state index is 0. The van der Waals surface area contributed by atoms with Crippen LogP contribution in [0.5, 0.6) is 0 Å². The molecule has 0 aromatic carbocycles. The molecule has 0 aliphatic rings. The summed E-state index contributed by atoms with van der Waals surface area (Å²) in [5.74, 6) is 0. The Hall–Kier alpha value is 2.85. The molecule has 0 fully saturated rings. The second-order valence-electron chi connectivity index (χ2n) is 0. The molecule has 0 saturated heterocycles. The number of rotatable bonds is 0. The van der Waals surface area contributed by atoms with Crippen molar-refractivity contribution in [2.24, 2.45) is 0 Å². The van der Waals surface area contributed by atoms with Crippen molar-refractivity contribution >= 4 is 17.4 Å². The van der Waals surface area contributed by atoms with Gasteiger partial charge >= 0.3 is 90.0 Å². The van der Waals surface area contributed by atoms with Gasteiger partial charge in [0.2, 0.25) is 0 Å². The molecule has 0 aromatic rings. The SMILES string of the molecule is F.[Al+3].[Gd+3].[O-2].[Y+3]. The standard InChI is InChI=1S/Al.FH.Gd.O.Y/h;1H;;;/q+3;;+3;-2;+3. The zero-order chi connectivity index (χ0) is 0. The summed E-state index contributed by atoms with van der Waals surface area (Å²) in [6.45, 7) is 0. The largest absolute Gasteiger partial charge is 3.00 e. The van der Waals surface area contributed by atoms with Gasteiger partial charge in [-0.15, -0.1) is 0 Å². The van der Waals surface area contributed by atoms with Crippen LogP contribution >= 0.6 is 0 Å². The average molecular weight is 309 g/mol. The summed E-state index contributed by atoms with van der Waals surface area (Å²) < 4.78 is 0. The van der Waals surface area contributed by atoms with Gasteiger partial charge in [0.15, 0.2) is 0 Å². The third-order valence-corrected chi connectivity index (χ3v) is 0. The van der Waals surface area contributed by atoms with Crippen molar-refractivity contribution in [2.45, 2.75) is 0 Å². The molecule has 0 N–H and O–H groups in total. The summed E-state index contributed by atoms with van der Waals surface area (Å²) in [6.07, 6.45) is 0. The van der Waals surface area contributed by atoms with E-state index in [-0.39, 0.29) is 100 Å². The minimum atomic E-state index is 0. The molecule has 0 saturated carbocycles. The van der Waals surface area contributed by atoms with E-state index in [1.807, 2.05) is 0 Å². The monoisotopic (exact) mass is 310 g/mol. The van der Waals surface area contributed by atoms with Gasteiger partial charge in [-0.1, -0.05) is 0 Å². The van der Waals surface area contributed by atoms with Crippen LogP contribution in [-0.2, 0) is 38.2 Å². The Kier molecular flexibility index (Phi) is 262. The molecule has 0 aliphatic heterocycles. The normalized spacial score (nSPS) is 0. The Morgan fingerprint density at radius 3 is 1.00 bits per heavy atom. The quantitative estimate of drug-likeness (QED) is 0.548. The van der Waals surface area contributed by atoms with Crippen molar-refractivity contribution in [1.82, 2.24) is 0 Å². The van der Waals surface area contributed by atoms with Crippen LogP contribution in [0.15, 0.2) is 0 Å². The average Bonchev–Trinajstić information content (AvgIpc) is 0. The summed E-state index contributed by atoms with van der Waals surface area (Å²) >= 11 is 0. The Morgan fingerprint density at radius 2 is 1.00 bits per heavy atom. The molecule has 21 valence electrons. The smallest absolute Gasteiger partial charge is 2.00 e. The van der Waals surface area contributed by atoms with Gasteiger partial charge in [0, 0.05) is 0 Å². The summed E-state index contributed by atoms with van der Waals surface area (Å²) in [7, 11) is 0. The third kappa shape index (κ3) is 19.8. The topological polar surface area (TPSA) is 28.5 Å². The second kappa shape index (κ2) is 28.9. The number of halogens is 1. The molecule has 1 nitrogen and oxygen atoms in total. The predicted molar refractivity (Wildman–Crippen MR) is 8.94 cm³/mol. The first-order valence-corrected chi connectivity index (χ1v) is 0. The van der Waals surface area contributed by atoms with Crippen LogP contribution in [-0.4, -0.2) is 17.4 Å². The molecule has 0 heterocycles. The van der Waals surface area contributed by atoms with Crippen LogP contribution in [0.25, 0.3) is 0 Å². The van der Waals surface area contributed by atoms with Crippen molar-refractivity contribution in [2.75, 3.05) is 0 Å². The zero-order valence-electron chi connectivity index (χ0n) is 2.32. The fraction of sp³-hybridized carbons (Fsp3) is 0. The van der Waals surface area contributed by atoms with E-state index >= 15 is 0 Å². The first-order valence-electron chi connectivity index (χ1n) is 0. The first kappa shape index (κ1) is 45.3. The molecule has 1 radical (unpaired) electrons. The fourth-order valence-electron chi connectivity index (χ4n) is 0. The van der Waals surface area contributed by atoms with Gasteiger partial charge in [-0.25, -0.2) is 0 Å². The molecular weight excluding hydrogens is 308 g/mol. The van der Waals surface area contributed by atoms with Crippen LogP contribution in [0.2, 0.25) is 0 Å². The maximum atomic E-state index is 0. The van der Waals surface area contributed by atoms with E-state index in [0.29, 0.717) is 0 Å². The van der Waals surface area contributed by atoms with E-state index in [0.717, 1.165) is 0 Å². The molecule has 0 unspecified atom stereocenters. The second-order valence-corrected chi connectivity index (χ2v) is 0. The molecule has 0 aliphatic carbocycles. The Bertz CT molecular complexity index is 11.6. The van der Waals surface area contributed by atoms with Crippen molar-refractivity contribution in [1.29, 1.82) is 0 Å². The molecule has 0 atom stereocenters. The minimum Gasteiger partial charge on any atom is -2.00 e. The predicted octanol–water partition coefficient (Wildman–Crippen LogP) is -0.350. The van der Waals surface area contributed by atoms with Crippen LogP contribution in [0.3, 0.4) is 0 Å². The van der Waals surface area contributed by atoms with Gasteiger partial charge in [-0.05, 0) is 0 Å².